The van der Waals surface area contributed by atoms with E-state index in [0.29, 0.717) is 0 Å². The Morgan fingerprint density at radius 1 is 0.750 bits per heavy atom. The highest BCUT2D eigenvalue weighted by Gasteiger charge is 2.83. The molecule has 0 heterocycles. The third-order valence-corrected chi connectivity index (χ3v) is 2.15. The van der Waals surface area contributed by atoms with Crippen molar-refractivity contribution < 1.29 is 52.7 Å². The molecule has 0 aromatic rings. The average Bonchev–Trinajstić information content (AvgIpc) is 2.26. The summed E-state index contributed by atoms with van der Waals surface area (Å²) in [5.74, 6) is -32.1. The highest BCUT2D eigenvalue weighted by Crippen LogP contribution is 2.56. The highest BCUT2D eigenvalue weighted by atomic mass is 19.4. The van der Waals surface area contributed by atoms with Gasteiger partial charge in [0.05, 0.1) is 0 Å². The maximum absolute atomic E-state index is 12.7. The second-order valence-electron chi connectivity index (χ2n) is 3.54. The van der Waals surface area contributed by atoms with Crippen molar-refractivity contribution in [3.8, 4) is 0 Å². The summed E-state index contributed by atoms with van der Waals surface area (Å²) in [5, 5.41) is 0. The number of alkyl halides is 9. The van der Waals surface area contributed by atoms with E-state index in [1.165, 1.54) is 0 Å². The summed E-state index contributed by atoms with van der Waals surface area (Å²) in [7, 11) is 0. The molecule has 0 nitrogen and oxygen atoms in total. The Morgan fingerprint density at radius 3 is 1.35 bits per heavy atom. The molecule has 0 amide bonds. The first-order valence-electron chi connectivity index (χ1n) is 4.41. The van der Waals surface area contributed by atoms with E-state index in [2.05, 4.69) is 0 Å². The minimum Gasteiger partial charge on any atom is -0.241 e. The van der Waals surface area contributed by atoms with Crippen LogP contribution in [0.1, 0.15) is 6.92 Å². The average molecular weight is 328 g/mol. The zero-order valence-corrected chi connectivity index (χ0v) is 9.11. The maximum atomic E-state index is 12.7. The molecule has 0 saturated carbocycles. The van der Waals surface area contributed by atoms with Crippen molar-refractivity contribution in [3.05, 3.63) is 11.9 Å². The quantitative estimate of drug-likeness (QED) is 0.626. The number of allylic oxidation sites excluding steroid dienone is 1. The van der Waals surface area contributed by atoms with Crippen molar-refractivity contribution in [2.45, 2.75) is 36.8 Å². The molecular weight excluding hydrogens is 324 g/mol. The van der Waals surface area contributed by atoms with Gasteiger partial charge < -0.3 is 0 Å². The Bertz CT molecular complexity index is 388. The number of hydrogen-bond acceptors (Lipinski definition) is 0. The molecule has 0 rings (SSSR count). The van der Waals surface area contributed by atoms with Crippen molar-refractivity contribution in [1.82, 2.24) is 0 Å². The van der Waals surface area contributed by atoms with E-state index in [9.17, 15) is 52.7 Å². The SMILES string of the molecule is CC(F)C(F)(F)C(F)(F)C(F)(F)C(F)(F)C(F)=C(F)F. The van der Waals surface area contributed by atoms with Crippen molar-refractivity contribution in [3.63, 3.8) is 0 Å². The zero-order valence-electron chi connectivity index (χ0n) is 9.11. The number of halogens is 12. The molecule has 0 aliphatic rings. The lowest BCUT2D eigenvalue weighted by molar-refractivity contribution is -0.369. The Hall–Kier alpha value is -1.10. The van der Waals surface area contributed by atoms with E-state index in [0.717, 1.165) is 0 Å². The fourth-order valence-corrected chi connectivity index (χ4v) is 0.913. The summed E-state index contributed by atoms with van der Waals surface area (Å²) in [5.41, 5.74) is 0. The molecule has 1 atom stereocenters. The fraction of sp³-hybridized carbons (Fsp3) is 0.750. The van der Waals surface area contributed by atoms with Gasteiger partial charge in [-0.15, -0.1) is 0 Å². The van der Waals surface area contributed by atoms with Gasteiger partial charge in [0.2, 0.25) is 5.83 Å². The van der Waals surface area contributed by atoms with Crippen molar-refractivity contribution in [2.75, 3.05) is 0 Å². The van der Waals surface area contributed by atoms with Gasteiger partial charge in [-0.1, -0.05) is 0 Å². The summed E-state index contributed by atoms with van der Waals surface area (Å²) in [6.45, 7) is -0.357. The molecule has 12 heteroatoms. The first kappa shape index (κ1) is 18.9. The predicted octanol–water partition coefficient (Wildman–Crippen LogP) is 4.96. The fourth-order valence-electron chi connectivity index (χ4n) is 0.913. The summed E-state index contributed by atoms with van der Waals surface area (Å²) in [6.07, 6.45) is -8.15. The van der Waals surface area contributed by atoms with Crippen LogP contribution in [0.2, 0.25) is 0 Å². The molecule has 0 N–H and O–H groups in total. The van der Waals surface area contributed by atoms with Gasteiger partial charge in [-0.25, -0.2) is 4.39 Å². The van der Waals surface area contributed by atoms with Crippen LogP contribution in [-0.4, -0.2) is 29.9 Å². The predicted molar refractivity (Wildman–Crippen MR) is 40.7 cm³/mol. The monoisotopic (exact) mass is 328 g/mol. The van der Waals surface area contributed by atoms with E-state index < -0.39 is 41.8 Å². The summed E-state index contributed by atoms with van der Waals surface area (Å²) >= 11 is 0. The van der Waals surface area contributed by atoms with E-state index in [1.54, 1.807) is 0 Å². The Morgan fingerprint density at radius 2 is 1.10 bits per heavy atom. The summed E-state index contributed by atoms with van der Waals surface area (Å²) in [6, 6.07) is 0. The van der Waals surface area contributed by atoms with E-state index in [1.807, 2.05) is 0 Å². The molecule has 0 spiro atoms. The first-order chi connectivity index (χ1) is 8.55. The Labute approximate surface area is 103 Å². The van der Waals surface area contributed by atoms with Gasteiger partial charge in [-0.3, -0.25) is 0 Å². The molecule has 0 aromatic carbocycles. The van der Waals surface area contributed by atoms with E-state index >= 15 is 0 Å². The maximum Gasteiger partial charge on any atom is 0.385 e. The van der Waals surface area contributed by atoms with Crippen LogP contribution in [0.4, 0.5) is 52.7 Å². The van der Waals surface area contributed by atoms with Gasteiger partial charge in [0, 0.05) is 0 Å². The van der Waals surface area contributed by atoms with E-state index in [-0.39, 0.29) is 6.92 Å². The molecule has 120 valence electrons. The van der Waals surface area contributed by atoms with Crippen LogP contribution in [0.3, 0.4) is 0 Å². The van der Waals surface area contributed by atoms with Gasteiger partial charge in [0.1, 0.15) is 0 Å². The van der Waals surface area contributed by atoms with Gasteiger partial charge in [0.25, 0.3) is 0 Å². The summed E-state index contributed by atoms with van der Waals surface area (Å²) < 4.78 is 148. The molecule has 0 saturated heterocycles. The van der Waals surface area contributed by atoms with Crippen LogP contribution in [-0.2, 0) is 0 Å². The van der Waals surface area contributed by atoms with Crippen molar-refractivity contribution >= 4 is 0 Å². The molecule has 0 fully saturated rings. The minimum absolute atomic E-state index is 0.357. The smallest absolute Gasteiger partial charge is 0.241 e. The number of hydrogen-bond donors (Lipinski definition) is 0. The van der Waals surface area contributed by atoms with Gasteiger partial charge in [-0.05, 0) is 6.92 Å². The largest absolute Gasteiger partial charge is 0.385 e. The van der Waals surface area contributed by atoms with Gasteiger partial charge in [-0.2, -0.15) is 48.3 Å². The van der Waals surface area contributed by atoms with Crippen LogP contribution in [0.5, 0.6) is 0 Å². The lowest BCUT2D eigenvalue weighted by atomic mass is 9.95. The first-order valence-corrected chi connectivity index (χ1v) is 4.41. The standard InChI is InChI=1S/C8H4F12/c1-2(9)5(13,14)7(17,18)8(19,20)6(15,16)3(10)4(11)12/h2H,1H3. The second kappa shape index (κ2) is 5.02. The third kappa shape index (κ3) is 2.43. The molecule has 0 aliphatic heterocycles. The molecule has 0 aromatic heterocycles. The van der Waals surface area contributed by atoms with E-state index in [4.69, 9.17) is 0 Å². The van der Waals surface area contributed by atoms with Crippen molar-refractivity contribution in [1.29, 1.82) is 0 Å². The topological polar surface area (TPSA) is 0 Å². The molecule has 0 bridgehead atoms. The number of rotatable bonds is 5. The van der Waals surface area contributed by atoms with Gasteiger partial charge >= 0.3 is 29.8 Å². The molecule has 20 heavy (non-hydrogen) atoms. The lowest BCUT2D eigenvalue weighted by Crippen LogP contribution is -2.64. The Balaban J connectivity index is 6.05. The minimum atomic E-state index is -7.31. The van der Waals surface area contributed by atoms with Crippen molar-refractivity contribution in [2.24, 2.45) is 0 Å². The van der Waals surface area contributed by atoms with Crippen LogP contribution in [0.25, 0.3) is 0 Å². The van der Waals surface area contributed by atoms with Crippen LogP contribution in [0, 0.1) is 0 Å². The highest BCUT2D eigenvalue weighted by molar-refractivity contribution is 5.17. The molecule has 0 radical (unpaired) electrons. The van der Waals surface area contributed by atoms with Crippen LogP contribution < -0.4 is 0 Å². The normalized spacial score (nSPS) is 16.1. The van der Waals surface area contributed by atoms with Crippen LogP contribution >= 0.6 is 0 Å². The molecule has 0 aliphatic carbocycles. The zero-order chi connectivity index (χ0) is 16.7. The second-order valence-corrected chi connectivity index (χ2v) is 3.54. The van der Waals surface area contributed by atoms with Crippen LogP contribution in [0.15, 0.2) is 11.9 Å². The summed E-state index contributed by atoms with van der Waals surface area (Å²) in [4.78, 5) is 0. The molecule has 1 unspecified atom stereocenters. The third-order valence-electron chi connectivity index (χ3n) is 2.15. The molecular formula is C8H4F12. The van der Waals surface area contributed by atoms with Gasteiger partial charge in [0.15, 0.2) is 6.17 Å². The Kier molecular flexibility index (Phi) is 4.75. The lowest BCUT2D eigenvalue weighted by Gasteiger charge is -2.36.